The zero-order chi connectivity index (χ0) is 11.5. The first-order valence-electron chi connectivity index (χ1n) is 4.44. The van der Waals surface area contributed by atoms with Crippen LogP contribution in [0.2, 0.25) is 5.15 Å². The van der Waals surface area contributed by atoms with E-state index in [4.69, 9.17) is 11.6 Å². The number of nitrogens with zero attached hydrogens (tertiary/aromatic N) is 4. The first-order valence-corrected chi connectivity index (χ1v) is 4.81. The molecule has 0 unspecified atom stereocenters. The van der Waals surface area contributed by atoms with Crippen molar-refractivity contribution in [2.24, 2.45) is 7.05 Å². The van der Waals surface area contributed by atoms with Crippen molar-refractivity contribution in [2.75, 3.05) is 5.32 Å². The van der Waals surface area contributed by atoms with Crippen LogP contribution in [0, 0.1) is 0 Å². The van der Waals surface area contributed by atoms with E-state index >= 15 is 0 Å². The van der Waals surface area contributed by atoms with Crippen molar-refractivity contribution in [3.63, 3.8) is 0 Å². The van der Waals surface area contributed by atoms with Crippen LogP contribution in [-0.2, 0) is 7.05 Å². The summed E-state index contributed by atoms with van der Waals surface area (Å²) in [6.45, 7) is 0. The Balaban J connectivity index is 2.10. The number of amides is 1. The summed E-state index contributed by atoms with van der Waals surface area (Å²) in [4.78, 5) is 19.3. The SMILES string of the molecule is Cn1ccc(C(=O)Nc2cnc(Cl)cn2)n1. The lowest BCUT2D eigenvalue weighted by molar-refractivity contribution is 0.102. The zero-order valence-electron chi connectivity index (χ0n) is 8.38. The molecule has 0 saturated carbocycles. The number of hydrogen-bond acceptors (Lipinski definition) is 4. The Bertz CT molecular complexity index is 507. The van der Waals surface area contributed by atoms with Gasteiger partial charge in [-0.3, -0.25) is 9.48 Å². The minimum atomic E-state index is -0.336. The molecular formula is C9H8ClN5O. The van der Waals surface area contributed by atoms with Gasteiger partial charge in [-0.25, -0.2) is 9.97 Å². The van der Waals surface area contributed by atoms with E-state index in [1.807, 2.05) is 0 Å². The molecule has 16 heavy (non-hydrogen) atoms. The molecule has 0 aliphatic rings. The highest BCUT2D eigenvalue weighted by atomic mass is 35.5. The lowest BCUT2D eigenvalue weighted by atomic mass is 10.4. The van der Waals surface area contributed by atoms with Gasteiger partial charge >= 0.3 is 0 Å². The summed E-state index contributed by atoms with van der Waals surface area (Å²) in [6.07, 6.45) is 4.42. The van der Waals surface area contributed by atoms with Crippen LogP contribution in [0.5, 0.6) is 0 Å². The maximum atomic E-state index is 11.6. The van der Waals surface area contributed by atoms with Gasteiger partial charge in [0.1, 0.15) is 5.15 Å². The van der Waals surface area contributed by atoms with E-state index in [2.05, 4.69) is 20.4 Å². The van der Waals surface area contributed by atoms with Crippen molar-refractivity contribution in [1.29, 1.82) is 0 Å². The van der Waals surface area contributed by atoms with Crippen molar-refractivity contribution in [3.8, 4) is 0 Å². The fraction of sp³-hybridized carbons (Fsp3) is 0.111. The fourth-order valence-corrected chi connectivity index (χ4v) is 1.19. The van der Waals surface area contributed by atoms with Gasteiger partial charge in [-0.1, -0.05) is 11.6 Å². The number of carbonyl (C=O) groups is 1. The Morgan fingerprint density at radius 2 is 2.25 bits per heavy atom. The summed E-state index contributed by atoms with van der Waals surface area (Å²) in [7, 11) is 1.73. The number of aromatic nitrogens is 4. The molecule has 0 spiro atoms. The second kappa shape index (κ2) is 4.28. The molecule has 2 aromatic heterocycles. The molecule has 2 rings (SSSR count). The van der Waals surface area contributed by atoms with Gasteiger partial charge in [0.25, 0.3) is 5.91 Å². The first kappa shape index (κ1) is 10.6. The van der Waals surface area contributed by atoms with Crippen LogP contribution < -0.4 is 5.32 Å². The van der Waals surface area contributed by atoms with Crippen molar-refractivity contribution in [1.82, 2.24) is 19.7 Å². The maximum Gasteiger partial charge on any atom is 0.277 e. The highest BCUT2D eigenvalue weighted by Crippen LogP contribution is 2.06. The summed E-state index contributed by atoms with van der Waals surface area (Å²) >= 11 is 5.57. The monoisotopic (exact) mass is 237 g/mol. The molecule has 0 radical (unpaired) electrons. The molecule has 1 amide bonds. The number of nitrogens with one attached hydrogen (secondary N) is 1. The number of anilines is 1. The van der Waals surface area contributed by atoms with Crippen LogP contribution in [0.25, 0.3) is 0 Å². The largest absolute Gasteiger partial charge is 0.304 e. The van der Waals surface area contributed by atoms with Crippen molar-refractivity contribution >= 4 is 23.3 Å². The van der Waals surface area contributed by atoms with E-state index < -0.39 is 0 Å². The average Bonchev–Trinajstić information content (AvgIpc) is 2.68. The van der Waals surface area contributed by atoms with Gasteiger partial charge in [0.2, 0.25) is 0 Å². The topological polar surface area (TPSA) is 72.7 Å². The van der Waals surface area contributed by atoms with Crippen LogP contribution in [0.15, 0.2) is 24.7 Å². The third-order valence-corrected chi connectivity index (χ3v) is 2.00. The summed E-state index contributed by atoms with van der Waals surface area (Å²) in [5.74, 6) is -0.00252. The summed E-state index contributed by atoms with van der Waals surface area (Å²) in [5, 5.41) is 6.78. The van der Waals surface area contributed by atoms with E-state index in [0.717, 1.165) is 0 Å². The van der Waals surface area contributed by atoms with Crippen molar-refractivity contribution < 1.29 is 4.79 Å². The van der Waals surface area contributed by atoms with Crippen LogP contribution in [0.1, 0.15) is 10.5 Å². The van der Waals surface area contributed by atoms with Crippen LogP contribution >= 0.6 is 11.6 Å². The third-order valence-electron chi connectivity index (χ3n) is 1.81. The van der Waals surface area contributed by atoms with Gasteiger partial charge < -0.3 is 5.32 Å². The van der Waals surface area contributed by atoms with Gasteiger partial charge in [-0.15, -0.1) is 0 Å². The molecule has 0 bridgehead atoms. The molecule has 82 valence electrons. The number of rotatable bonds is 2. The molecule has 0 saturated heterocycles. The first-order chi connectivity index (χ1) is 7.65. The van der Waals surface area contributed by atoms with Crippen molar-refractivity contribution in [3.05, 3.63) is 35.5 Å². The molecule has 2 heterocycles. The van der Waals surface area contributed by atoms with Crippen LogP contribution in [0.4, 0.5) is 5.82 Å². The summed E-state index contributed by atoms with van der Waals surface area (Å²) in [6, 6.07) is 1.61. The smallest absolute Gasteiger partial charge is 0.277 e. The highest BCUT2D eigenvalue weighted by molar-refractivity contribution is 6.29. The molecule has 1 N–H and O–H groups in total. The molecule has 0 aromatic carbocycles. The molecule has 0 atom stereocenters. The Hall–Kier alpha value is -1.95. The Morgan fingerprint density at radius 3 is 2.81 bits per heavy atom. The van der Waals surface area contributed by atoms with Crippen LogP contribution in [-0.4, -0.2) is 25.7 Å². The molecule has 0 fully saturated rings. The Morgan fingerprint density at radius 1 is 1.44 bits per heavy atom. The van der Waals surface area contributed by atoms with Gasteiger partial charge in [0, 0.05) is 13.2 Å². The van der Waals surface area contributed by atoms with E-state index in [0.29, 0.717) is 11.5 Å². The minimum absolute atomic E-state index is 0.274. The number of aryl methyl sites for hydroxylation is 1. The van der Waals surface area contributed by atoms with Gasteiger partial charge in [0.15, 0.2) is 11.5 Å². The summed E-state index contributed by atoms with van der Waals surface area (Å²) < 4.78 is 1.54. The Kier molecular flexibility index (Phi) is 2.82. The summed E-state index contributed by atoms with van der Waals surface area (Å²) in [5.41, 5.74) is 0.319. The number of halogens is 1. The fourth-order valence-electron chi connectivity index (χ4n) is 1.09. The molecule has 0 aliphatic heterocycles. The number of carbonyl (C=O) groups excluding carboxylic acids is 1. The second-order valence-corrected chi connectivity index (χ2v) is 3.44. The van der Waals surface area contributed by atoms with Gasteiger partial charge in [0.05, 0.1) is 12.4 Å². The Labute approximate surface area is 96.3 Å². The van der Waals surface area contributed by atoms with Gasteiger partial charge in [-0.2, -0.15) is 5.10 Å². The van der Waals surface area contributed by atoms with Crippen molar-refractivity contribution in [2.45, 2.75) is 0 Å². The lowest BCUT2D eigenvalue weighted by Crippen LogP contribution is -2.14. The van der Waals surface area contributed by atoms with Gasteiger partial charge in [-0.05, 0) is 6.07 Å². The zero-order valence-corrected chi connectivity index (χ0v) is 9.14. The minimum Gasteiger partial charge on any atom is -0.304 e. The number of hydrogen-bond donors (Lipinski definition) is 1. The molecule has 2 aromatic rings. The molecule has 6 nitrogen and oxygen atoms in total. The van der Waals surface area contributed by atoms with E-state index in [-0.39, 0.29) is 11.1 Å². The third kappa shape index (κ3) is 2.34. The van der Waals surface area contributed by atoms with Crippen LogP contribution in [0.3, 0.4) is 0 Å². The average molecular weight is 238 g/mol. The maximum absolute atomic E-state index is 11.6. The molecule has 7 heteroatoms. The quantitative estimate of drug-likeness (QED) is 0.849. The molecular weight excluding hydrogens is 230 g/mol. The lowest BCUT2D eigenvalue weighted by Gasteiger charge is -2.00. The normalized spacial score (nSPS) is 10.1. The van der Waals surface area contributed by atoms with E-state index in [1.54, 1.807) is 24.0 Å². The second-order valence-electron chi connectivity index (χ2n) is 3.05. The standard InChI is InChI=1S/C9H8ClN5O/c1-15-3-2-6(14-15)9(16)13-8-5-11-7(10)4-12-8/h2-5H,1H3,(H,12,13,16). The van der Waals surface area contributed by atoms with E-state index in [1.165, 1.54) is 12.4 Å². The predicted molar refractivity (Wildman–Crippen MR) is 58.2 cm³/mol. The van der Waals surface area contributed by atoms with E-state index in [9.17, 15) is 4.79 Å². The molecule has 0 aliphatic carbocycles. The highest BCUT2D eigenvalue weighted by Gasteiger charge is 2.09. The predicted octanol–water partition coefficient (Wildman–Crippen LogP) is 1.12.